The third-order valence-corrected chi connectivity index (χ3v) is 5.28. The first kappa shape index (κ1) is 17.6. The van der Waals surface area contributed by atoms with Gasteiger partial charge in [-0.2, -0.15) is 0 Å². The van der Waals surface area contributed by atoms with Crippen molar-refractivity contribution in [2.45, 2.75) is 17.7 Å². The van der Waals surface area contributed by atoms with Crippen LogP contribution in [0.15, 0.2) is 46.7 Å². The number of benzene rings is 1. The van der Waals surface area contributed by atoms with Gasteiger partial charge in [0.05, 0.1) is 15.7 Å². The molecule has 0 aliphatic heterocycles. The second kappa shape index (κ2) is 8.74. The zero-order chi connectivity index (χ0) is 16.7. The number of amides is 1. The van der Waals surface area contributed by atoms with Crippen molar-refractivity contribution in [1.82, 2.24) is 4.90 Å². The highest BCUT2D eigenvalue weighted by Gasteiger charge is 2.21. The molecule has 0 saturated carbocycles. The smallest absolute Gasteiger partial charge is 0.325 e. The van der Waals surface area contributed by atoms with Crippen molar-refractivity contribution in [1.29, 1.82) is 0 Å². The van der Waals surface area contributed by atoms with Crippen molar-refractivity contribution in [3.05, 3.63) is 52.9 Å². The third-order valence-electron chi connectivity index (χ3n) is 3.12. The summed E-state index contributed by atoms with van der Waals surface area (Å²) in [5.41, 5.74) is 0.979. The van der Waals surface area contributed by atoms with Crippen molar-refractivity contribution in [3.63, 3.8) is 0 Å². The molecule has 0 unspecified atom stereocenters. The van der Waals surface area contributed by atoms with Gasteiger partial charge in [-0.05, 0) is 30.9 Å². The van der Waals surface area contributed by atoms with Gasteiger partial charge >= 0.3 is 5.97 Å². The van der Waals surface area contributed by atoms with Crippen LogP contribution in [0, 0.1) is 0 Å². The van der Waals surface area contributed by atoms with E-state index in [9.17, 15) is 9.59 Å². The Hall–Kier alpha value is -1.79. The molecule has 0 bridgehead atoms. The van der Waals surface area contributed by atoms with Crippen LogP contribution in [0.2, 0.25) is 0 Å². The van der Waals surface area contributed by atoms with Crippen LogP contribution in [0.25, 0.3) is 0 Å². The molecule has 0 radical (unpaired) electrons. The molecule has 0 spiro atoms. The number of esters is 1. The number of nitrogens with zero attached hydrogens (tertiary/aromatic N) is 1. The monoisotopic (exact) mass is 349 g/mol. The maximum atomic E-state index is 12.7. The second-order valence-electron chi connectivity index (χ2n) is 4.77. The zero-order valence-corrected chi connectivity index (χ0v) is 14.8. The first-order valence-corrected chi connectivity index (χ1v) is 9.30. The lowest BCUT2D eigenvalue weighted by atomic mass is 10.2. The van der Waals surface area contributed by atoms with E-state index in [0.717, 1.165) is 9.77 Å². The van der Waals surface area contributed by atoms with Gasteiger partial charge in [-0.1, -0.05) is 30.3 Å². The summed E-state index contributed by atoms with van der Waals surface area (Å²) in [5, 5.41) is 0. The van der Waals surface area contributed by atoms with Crippen LogP contribution < -0.4 is 0 Å². The highest BCUT2D eigenvalue weighted by atomic mass is 32.2. The Morgan fingerprint density at radius 3 is 2.52 bits per heavy atom. The molecule has 0 aliphatic carbocycles. The van der Waals surface area contributed by atoms with E-state index in [1.807, 2.05) is 48.7 Å². The largest absolute Gasteiger partial charge is 0.465 e. The lowest BCUT2D eigenvalue weighted by molar-refractivity contribution is -0.143. The zero-order valence-electron chi connectivity index (χ0n) is 13.2. The molecule has 2 rings (SSSR count). The van der Waals surface area contributed by atoms with Gasteiger partial charge in [-0.15, -0.1) is 23.1 Å². The molecule has 0 fully saturated rings. The topological polar surface area (TPSA) is 46.6 Å². The van der Waals surface area contributed by atoms with Crippen LogP contribution in [0.5, 0.6) is 0 Å². The molecule has 1 aromatic carbocycles. The normalized spacial score (nSPS) is 10.3. The maximum Gasteiger partial charge on any atom is 0.325 e. The average molecular weight is 349 g/mol. The van der Waals surface area contributed by atoms with Gasteiger partial charge in [0, 0.05) is 6.54 Å². The summed E-state index contributed by atoms with van der Waals surface area (Å²) in [6.07, 6.45) is 1.97. The minimum Gasteiger partial charge on any atom is -0.465 e. The molecule has 122 valence electrons. The quantitative estimate of drug-likeness (QED) is 0.565. The van der Waals surface area contributed by atoms with Crippen LogP contribution in [-0.2, 0) is 16.1 Å². The highest BCUT2D eigenvalue weighted by molar-refractivity contribution is 8.00. The number of thioether (sulfide) groups is 1. The molecule has 1 heterocycles. The van der Waals surface area contributed by atoms with Crippen LogP contribution in [0.4, 0.5) is 0 Å². The van der Waals surface area contributed by atoms with Crippen molar-refractivity contribution < 1.29 is 14.3 Å². The fourth-order valence-corrected chi connectivity index (χ4v) is 3.58. The van der Waals surface area contributed by atoms with E-state index in [4.69, 9.17) is 4.74 Å². The standard InChI is InChI=1S/C17H19NO3S2/c1-3-21-15(19)12-18(11-13-7-5-4-6-8-13)17(20)14-9-10-16(22-2)23-14/h4-10H,3,11-12H2,1-2H3. The Morgan fingerprint density at radius 1 is 1.17 bits per heavy atom. The molecular formula is C17H19NO3S2. The number of ether oxygens (including phenoxy) is 1. The number of carbonyl (C=O) groups is 2. The lowest BCUT2D eigenvalue weighted by Crippen LogP contribution is -2.35. The third kappa shape index (κ3) is 5.11. The molecular weight excluding hydrogens is 330 g/mol. The summed E-state index contributed by atoms with van der Waals surface area (Å²) in [7, 11) is 0. The summed E-state index contributed by atoms with van der Waals surface area (Å²) in [5.74, 6) is -0.536. The van der Waals surface area contributed by atoms with Gasteiger partial charge in [0.15, 0.2) is 0 Å². The predicted octanol–water partition coefficient (Wildman–Crippen LogP) is 3.68. The van der Waals surface area contributed by atoms with Crippen molar-refractivity contribution in [2.24, 2.45) is 0 Å². The number of hydrogen-bond acceptors (Lipinski definition) is 5. The summed E-state index contributed by atoms with van der Waals surface area (Å²) < 4.78 is 6.06. The number of thiophene rings is 1. The molecule has 0 atom stereocenters. The number of hydrogen-bond donors (Lipinski definition) is 0. The van der Waals surface area contributed by atoms with Gasteiger partial charge < -0.3 is 9.64 Å². The van der Waals surface area contributed by atoms with E-state index in [2.05, 4.69) is 0 Å². The number of rotatable bonds is 7. The maximum absolute atomic E-state index is 12.7. The Balaban J connectivity index is 2.17. The molecule has 1 aromatic heterocycles. The summed E-state index contributed by atoms with van der Waals surface area (Å²) in [6.45, 7) is 2.39. The first-order chi connectivity index (χ1) is 11.1. The summed E-state index contributed by atoms with van der Waals surface area (Å²) >= 11 is 3.04. The van der Waals surface area contributed by atoms with Crippen LogP contribution in [0.3, 0.4) is 0 Å². The lowest BCUT2D eigenvalue weighted by Gasteiger charge is -2.21. The first-order valence-electron chi connectivity index (χ1n) is 7.26. The van der Waals surface area contributed by atoms with E-state index < -0.39 is 5.97 Å². The van der Waals surface area contributed by atoms with Crippen molar-refractivity contribution >= 4 is 35.0 Å². The molecule has 2 aromatic rings. The fraction of sp³-hybridized carbons (Fsp3) is 0.294. The van der Waals surface area contributed by atoms with Gasteiger partial charge in [0.2, 0.25) is 0 Å². The van der Waals surface area contributed by atoms with E-state index in [-0.39, 0.29) is 12.5 Å². The van der Waals surface area contributed by atoms with E-state index in [1.54, 1.807) is 18.7 Å². The van der Waals surface area contributed by atoms with Gasteiger partial charge in [-0.25, -0.2) is 0 Å². The minimum absolute atomic E-state index is 0.0476. The molecule has 4 nitrogen and oxygen atoms in total. The predicted molar refractivity (Wildman–Crippen MR) is 93.9 cm³/mol. The van der Waals surface area contributed by atoms with E-state index >= 15 is 0 Å². The van der Waals surface area contributed by atoms with Crippen molar-refractivity contribution in [3.8, 4) is 0 Å². The molecule has 6 heteroatoms. The van der Waals surface area contributed by atoms with Gasteiger partial charge in [0.25, 0.3) is 5.91 Å². The second-order valence-corrected chi connectivity index (χ2v) is 6.96. The number of carbonyl (C=O) groups excluding carboxylic acids is 2. The van der Waals surface area contributed by atoms with Crippen LogP contribution in [0.1, 0.15) is 22.2 Å². The minimum atomic E-state index is -0.390. The Bertz CT molecular complexity index is 655. The Morgan fingerprint density at radius 2 is 1.91 bits per heavy atom. The van der Waals surface area contributed by atoms with Gasteiger partial charge in [0.1, 0.15) is 6.54 Å². The molecule has 23 heavy (non-hydrogen) atoms. The molecule has 0 N–H and O–H groups in total. The Labute approximate surface area is 144 Å². The van der Waals surface area contributed by atoms with Gasteiger partial charge in [-0.3, -0.25) is 9.59 Å². The average Bonchev–Trinajstić information content (AvgIpc) is 3.04. The summed E-state index contributed by atoms with van der Waals surface area (Å²) in [4.78, 5) is 26.7. The molecule has 1 amide bonds. The van der Waals surface area contributed by atoms with Crippen molar-refractivity contribution in [2.75, 3.05) is 19.4 Å². The molecule has 0 saturated heterocycles. The fourth-order valence-electron chi connectivity index (χ4n) is 2.07. The summed E-state index contributed by atoms with van der Waals surface area (Å²) in [6, 6.07) is 13.4. The van der Waals surface area contributed by atoms with Crippen LogP contribution >= 0.6 is 23.1 Å². The SMILES string of the molecule is CCOC(=O)CN(Cc1ccccc1)C(=O)c1ccc(SC)s1. The van der Waals surface area contributed by atoms with E-state index in [0.29, 0.717) is 18.0 Å². The Kier molecular flexibility index (Phi) is 6.67. The van der Waals surface area contributed by atoms with Crippen LogP contribution in [-0.4, -0.2) is 36.2 Å². The van der Waals surface area contributed by atoms with E-state index in [1.165, 1.54) is 16.2 Å². The highest BCUT2D eigenvalue weighted by Crippen LogP contribution is 2.26. The molecule has 0 aliphatic rings.